The Morgan fingerprint density at radius 2 is 1.82 bits per heavy atom. The fraction of sp³-hybridized carbons (Fsp3) is 0.722. The number of halogens is 1. The van der Waals surface area contributed by atoms with Gasteiger partial charge in [-0.3, -0.25) is 4.90 Å². The SMILES string of the molecule is CCn1c(CN2CC3COCC(C2)N3)nc2c(N3CCOCC3)nc(Cl)nc21. The summed E-state index contributed by atoms with van der Waals surface area (Å²) in [4.78, 5) is 18.7. The molecule has 2 aromatic heterocycles. The number of morpholine rings is 2. The van der Waals surface area contributed by atoms with Crippen LogP contribution in [-0.2, 0) is 22.6 Å². The first-order valence-corrected chi connectivity index (χ1v) is 10.4. The largest absolute Gasteiger partial charge is 0.378 e. The predicted octanol–water partition coefficient (Wildman–Crippen LogP) is 0.509. The van der Waals surface area contributed by atoms with E-state index >= 15 is 0 Å². The smallest absolute Gasteiger partial charge is 0.226 e. The standard InChI is InChI=1S/C18H26ClN7O2/c1-2-26-14(9-24-7-12-10-28-11-13(8-24)20-12)21-15-16(22-18(19)23-17(15)26)25-3-5-27-6-4-25/h12-13,20H,2-11H2,1H3. The van der Waals surface area contributed by atoms with Crippen LogP contribution in [0.2, 0.25) is 5.28 Å². The summed E-state index contributed by atoms with van der Waals surface area (Å²) in [5, 5.41) is 3.90. The average molecular weight is 408 g/mol. The van der Waals surface area contributed by atoms with Crippen molar-refractivity contribution in [3.05, 3.63) is 11.1 Å². The van der Waals surface area contributed by atoms with Crippen LogP contribution in [0, 0.1) is 0 Å². The van der Waals surface area contributed by atoms with Crippen LogP contribution >= 0.6 is 11.6 Å². The maximum absolute atomic E-state index is 6.28. The minimum atomic E-state index is 0.268. The maximum Gasteiger partial charge on any atom is 0.226 e. The highest BCUT2D eigenvalue weighted by Crippen LogP contribution is 2.27. The number of fused-ring (bicyclic) bond motifs is 3. The van der Waals surface area contributed by atoms with Gasteiger partial charge < -0.3 is 24.3 Å². The molecule has 0 aliphatic carbocycles. The van der Waals surface area contributed by atoms with Gasteiger partial charge in [-0.1, -0.05) is 0 Å². The molecule has 2 bridgehead atoms. The number of aryl methyl sites for hydroxylation is 1. The molecule has 3 aliphatic rings. The van der Waals surface area contributed by atoms with Crippen LogP contribution in [0.3, 0.4) is 0 Å². The van der Waals surface area contributed by atoms with E-state index < -0.39 is 0 Å². The molecule has 0 radical (unpaired) electrons. The van der Waals surface area contributed by atoms with Gasteiger partial charge >= 0.3 is 0 Å². The Labute approximate surface area is 169 Å². The Morgan fingerprint density at radius 1 is 1.07 bits per heavy atom. The summed E-state index contributed by atoms with van der Waals surface area (Å²) in [5.41, 5.74) is 1.65. The number of rotatable bonds is 4. The lowest BCUT2D eigenvalue weighted by Gasteiger charge is -2.42. The molecule has 3 aliphatic heterocycles. The zero-order valence-electron chi connectivity index (χ0n) is 16.1. The average Bonchev–Trinajstić information content (AvgIpc) is 3.04. The summed E-state index contributed by atoms with van der Waals surface area (Å²) in [5.74, 6) is 1.83. The summed E-state index contributed by atoms with van der Waals surface area (Å²) >= 11 is 6.28. The van der Waals surface area contributed by atoms with E-state index in [1.54, 1.807) is 0 Å². The predicted molar refractivity (Wildman–Crippen MR) is 106 cm³/mol. The first-order chi connectivity index (χ1) is 13.7. The van der Waals surface area contributed by atoms with Crippen LogP contribution in [0.1, 0.15) is 12.7 Å². The zero-order chi connectivity index (χ0) is 19.1. The van der Waals surface area contributed by atoms with E-state index in [0.29, 0.717) is 25.3 Å². The molecule has 10 heteroatoms. The van der Waals surface area contributed by atoms with Gasteiger partial charge in [0.2, 0.25) is 5.28 Å². The summed E-state index contributed by atoms with van der Waals surface area (Å²) in [6.45, 7) is 10.2. The molecule has 9 nitrogen and oxygen atoms in total. The van der Waals surface area contributed by atoms with Crippen molar-refractivity contribution in [3.8, 4) is 0 Å². The molecule has 5 heterocycles. The monoisotopic (exact) mass is 407 g/mol. The van der Waals surface area contributed by atoms with Crippen LogP contribution in [-0.4, -0.2) is 89.1 Å². The number of imidazole rings is 1. The fourth-order valence-corrected chi connectivity index (χ4v) is 4.63. The number of piperazine rings is 1. The summed E-state index contributed by atoms with van der Waals surface area (Å²) in [6.07, 6.45) is 0. The van der Waals surface area contributed by atoms with Gasteiger partial charge in [0.25, 0.3) is 0 Å². The van der Waals surface area contributed by atoms with Gasteiger partial charge in [0.05, 0.1) is 33.0 Å². The molecule has 0 spiro atoms. The van der Waals surface area contributed by atoms with E-state index in [-0.39, 0.29) is 5.28 Å². The number of nitrogens with zero attached hydrogens (tertiary/aromatic N) is 6. The number of aromatic nitrogens is 4. The van der Waals surface area contributed by atoms with Crippen LogP contribution in [0.4, 0.5) is 5.82 Å². The number of hydrogen-bond acceptors (Lipinski definition) is 8. The third-order valence-electron chi connectivity index (χ3n) is 5.69. The molecule has 28 heavy (non-hydrogen) atoms. The normalized spacial score (nSPS) is 26.1. The molecule has 0 aromatic carbocycles. The molecule has 1 N–H and O–H groups in total. The molecule has 152 valence electrons. The van der Waals surface area contributed by atoms with Gasteiger partial charge in [0.15, 0.2) is 17.0 Å². The van der Waals surface area contributed by atoms with Gasteiger partial charge in [-0.15, -0.1) is 0 Å². The van der Waals surface area contributed by atoms with E-state index in [2.05, 4.69) is 36.6 Å². The summed E-state index contributed by atoms with van der Waals surface area (Å²) < 4.78 is 13.3. The maximum atomic E-state index is 6.28. The Kier molecular flexibility index (Phi) is 5.10. The van der Waals surface area contributed by atoms with E-state index in [0.717, 1.165) is 75.3 Å². The molecular weight excluding hydrogens is 382 g/mol. The summed E-state index contributed by atoms with van der Waals surface area (Å²) in [7, 11) is 0. The molecule has 0 amide bonds. The van der Waals surface area contributed by atoms with Gasteiger partial charge in [-0.25, -0.2) is 4.98 Å². The Balaban J connectivity index is 1.48. The van der Waals surface area contributed by atoms with Crippen molar-refractivity contribution in [2.24, 2.45) is 0 Å². The van der Waals surface area contributed by atoms with Crippen LogP contribution in [0.15, 0.2) is 0 Å². The molecule has 2 unspecified atom stereocenters. The molecule has 2 atom stereocenters. The van der Waals surface area contributed by atoms with Gasteiger partial charge in [-0.05, 0) is 18.5 Å². The quantitative estimate of drug-likeness (QED) is 0.734. The third-order valence-corrected chi connectivity index (χ3v) is 5.86. The molecule has 2 aromatic rings. The highest BCUT2D eigenvalue weighted by Gasteiger charge is 2.31. The minimum Gasteiger partial charge on any atom is -0.378 e. The van der Waals surface area contributed by atoms with Crippen molar-refractivity contribution < 1.29 is 9.47 Å². The van der Waals surface area contributed by atoms with Gasteiger partial charge in [0, 0.05) is 44.8 Å². The van der Waals surface area contributed by atoms with Crippen molar-refractivity contribution in [3.63, 3.8) is 0 Å². The first-order valence-electron chi connectivity index (χ1n) is 10.0. The lowest BCUT2D eigenvalue weighted by Crippen LogP contribution is -2.62. The third kappa shape index (κ3) is 3.46. The Bertz CT molecular complexity index is 842. The van der Waals surface area contributed by atoms with Crippen molar-refractivity contribution in [2.75, 3.05) is 57.5 Å². The van der Waals surface area contributed by atoms with Crippen LogP contribution < -0.4 is 10.2 Å². The highest BCUT2D eigenvalue weighted by molar-refractivity contribution is 6.28. The van der Waals surface area contributed by atoms with Gasteiger partial charge in [0.1, 0.15) is 5.82 Å². The minimum absolute atomic E-state index is 0.268. The topological polar surface area (TPSA) is 80.6 Å². The van der Waals surface area contributed by atoms with E-state index in [4.69, 9.17) is 26.1 Å². The highest BCUT2D eigenvalue weighted by atomic mass is 35.5. The Hall–Kier alpha value is -1.52. The molecule has 3 fully saturated rings. The van der Waals surface area contributed by atoms with E-state index in [9.17, 15) is 0 Å². The number of nitrogens with one attached hydrogen (secondary N) is 1. The second-order valence-electron chi connectivity index (χ2n) is 7.65. The van der Waals surface area contributed by atoms with Crippen LogP contribution in [0.25, 0.3) is 11.2 Å². The summed E-state index contributed by atoms with van der Waals surface area (Å²) in [6, 6.07) is 0.787. The number of hydrogen-bond donors (Lipinski definition) is 1. The van der Waals surface area contributed by atoms with E-state index in [1.165, 1.54) is 0 Å². The van der Waals surface area contributed by atoms with Crippen molar-refractivity contribution in [1.82, 2.24) is 29.7 Å². The molecular formula is C18H26ClN7O2. The molecule has 5 rings (SSSR count). The fourth-order valence-electron chi connectivity index (χ4n) is 4.47. The van der Waals surface area contributed by atoms with Crippen LogP contribution in [0.5, 0.6) is 0 Å². The van der Waals surface area contributed by atoms with Crippen molar-refractivity contribution in [2.45, 2.75) is 32.1 Å². The molecule has 3 saturated heterocycles. The number of anilines is 1. The Morgan fingerprint density at radius 3 is 2.54 bits per heavy atom. The van der Waals surface area contributed by atoms with E-state index in [1.807, 2.05) is 0 Å². The van der Waals surface area contributed by atoms with Gasteiger partial charge in [-0.2, -0.15) is 9.97 Å². The van der Waals surface area contributed by atoms with Crippen molar-refractivity contribution in [1.29, 1.82) is 0 Å². The first kappa shape index (κ1) is 18.5. The molecule has 0 saturated carbocycles. The van der Waals surface area contributed by atoms with Crippen molar-refractivity contribution >= 4 is 28.6 Å². The number of ether oxygens (including phenoxy) is 2. The second-order valence-corrected chi connectivity index (χ2v) is 7.99. The second kappa shape index (κ2) is 7.72. The lowest BCUT2D eigenvalue weighted by molar-refractivity contribution is -0.00950. The zero-order valence-corrected chi connectivity index (χ0v) is 16.9. The lowest BCUT2D eigenvalue weighted by atomic mass is 10.1.